The fourth-order valence-corrected chi connectivity index (χ4v) is 5.91. The number of aryl methyl sites for hydroxylation is 1. The van der Waals surface area contributed by atoms with Crippen LogP contribution in [0.5, 0.6) is 5.75 Å². The number of nitrogens with one attached hydrogen (secondary N) is 1. The molecule has 0 aliphatic carbocycles. The lowest BCUT2D eigenvalue weighted by Crippen LogP contribution is -2.52. The molecule has 0 spiro atoms. The molecular formula is C29H33ClN4O7S. The number of hydrogen-bond acceptors (Lipinski definition) is 7. The van der Waals surface area contributed by atoms with E-state index in [1.807, 2.05) is 0 Å². The number of rotatable bonds is 13. The van der Waals surface area contributed by atoms with Crippen molar-refractivity contribution in [3.05, 3.63) is 93.0 Å². The van der Waals surface area contributed by atoms with Gasteiger partial charge in [-0.1, -0.05) is 36.7 Å². The predicted octanol–water partition coefficient (Wildman–Crippen LogP) is 4.70. The van der Waals surface area contributed by atoms with Crippen molar-refractivity contribution in [3.63, 3.8) is 0 Å². The van der Waals surface area contributed by atoms with E-state index in [0.29, 0.717) is 22.9 Å². The maximum Gasteiger partial charge on any atom is 0.273 e. The largest absolute Gasteiger partial charge is 0.497 e. The van der Waals surface area contributed by atoms with Gasteiger partial charge in [0.05, 0.1) is 22.6 Å². The van der Waals surface area contributed by atoms with Crippen molar-refractivity contribution < 1.29 is 27.7 Å². The van der Waals surface area contributed by atoms with Crippen molar-refractivity contribution >= 4 is 44.8 Å². The average Bonchev–Trinajstić information content (AvgIpc) is 2.96. The summed E-state index contributed by atoms with van der Waals surface area (Å²) in [6.07, 6.45) is 0.268. The van der Waals surface area contributed by atoms with E-state index >= 15 is 0 Å². The van der Waals surface area contributed by atoms with Crippen molar-refractivity contribution in [2.45, 2.75) is 44.7 Å². The van der Waals surface area contributed by atoms with Crippen molar-refractivity contribution in [3.8, 4) is 5.75 Å². The number of likely N-dealkylation sites (N-methyl/N-ethyl adjacent to an activating group) is 1. The zero-order valence-corrected chi connectivity index (χ0v) is 25.3. The van der Waals surface area contributed by atoms with E-state index in [9.17, 15) is 28.1 Å². The van der Waals surface area contributed by atoms with Gasteiger partial charge in [-0.25, -0.2) is 8.42 Å². The Morgan fingerprint density at radius 1 is 1.05 bits per heavy atom. The Kier molecular flexibility index (Phi) is 10.9. The Morgan fingerprint density at radius 3 is 2.24 bits per heavy atom. The molecule has 1 atom stereocenters. The highest BCUT2D eigenvalue weighted by molar-refractivity contribution is 7.92. The zero-order chi connectivity index (χ0) is 31.0. The first-order chi connectivity index (χ1) is 19.9. The number of methoxy groups -OCH3 is 1. The number of halogens is 1. The van der Waals surface area contributed by atoms with Gasteiger partial charge in [-0.05, 0) is 68.3 Å². The highest BCUT2D eigenvalue weighted by atomic mass is 35.5. The molecule has 3 aromatic rings. The maximum absolute atomic E-state index is 14.0. The number of benzene rings is 3. The van der Waals surface area contributed by atoms with E-state index in [0.717, 1.165) is 10.4 Å². The zero-order valence-electron chi connectivity index (χ0n) is 23.7. The van der Waals surface area contributed by atoms with Gasteiger partial charge >= 0.3 is 0 Å². The van der Waals surface area contributed by atoms with Crippen LogP contribution in [0, 0.1) is 17.0 Å². The molecule has 11 nitrogen and oxygen atoms in total. The number of carbonyl (C=O) groups is 2. The van der Waals surface area contributed by atoms with Crippen molar-refractivity contribution in [1.29, 1.82) is 0 Å². The molecule has 0 fully saturated rings. The van der Waals surface area contributed by atoms with Crippen LogP contribution in [0.4, 0.5) is 11.4 Å². The lowest BCUT2D eigenvalue weighted by Gasteiger charge is -2.33. The molecule has 3 aromatic carbocycles. The van der Waals surface area contributed by atoms with Crippen LogP contribution in [0.25, 0.3) is 0 Å². The van der Waals surface area contributed by atoms with Gasteiger partial charge in [-0.3, -0.25) is 24.0 Å². The number of nitro groups is 1. The van der Waals surface area contributed by atoms with Crippen LogP contribution >= 0.6 is 11.6 Å². The maximum atomic E-state index is 14.0. The Bertz CT molecular complexity index is 1530. The molecule has 0 radical (unpaired) electrons. The van der Waals surface area contributed by atoms with Crippen LogP contribution in [-0.2, 0) is 26.2 Å². The molecule has 0 heterocycles. The molecule has 0 saturated heterocycles. The fourth-order valence-electron chi connectivity index (χ4n) is 4.35. The molecule has 0 saturated carbocycles. The van der Waals surface area contributed by atoms with Crippen LogP contribution in [0.3, 0.4) is 0 Å². The molecule has 0 aliphatic heterocycles. The van der Waals surface area contributed by atoms with E-state index in [-0.39, 0.29) is 40.7 Å². The molecule has 0 aliphatic rings. The van der Waals surface area contributed by atoms with Crippen LogP contribution in [0.2, 0.25) is 5.02 Å². The summed E-state index contributed by atoms with van der Waals surface area (Å²) < 4.78 is 34.1. The number of anilines is 1. The second kappa shape index (κ2) is 14.1. The van der Waals surface area contributed by atoms with E-state index < -0.39 is 33.4 Å². The number of nitro benzene ring substituents is 1. The molecule has 42 heavy (non-hydrogen) atoms. The smallest absolute Gasteiger partial charge is 0.273 e. The fraction of sp³-hybridized carbons (Fsp3) is 0.310. The number of sulfonamides is 1. The Hall–Kier alpha value is -4.16. The van der Waals surface area contributed by atoms with Gasteiger partial charge in [0.15, 0.2) is 0 Å². The number of nitrogens with zero attached hydrogens (tertiary/aromatic N) is 3. The second-order valence-corrected chi connectivity index (χ2v) is 11.7. The molecule has 0 bridgehead atoms. The summed E-state index contributed by atoms with van der Waals surface area (Å²) in [4.78, 5) is 38.9. The molecule has 2 amide bonds. The van der Waals surface area contributed by atoms with Gasteiger partial charge in [0.25, 0.3) is 15.7 Å². The van der Waals surface area contributed by atoms with Crippen molar-refractivity contribution in [2.24, 2.45) is 0 Å². The number of ether oxygens (including phenoxy) is 1. The summed E-state index contributed by atoms with van der Waals surface area (Å²) >= 11 is 6.03. The van der Waals surface area contributed by atoms with Gasteiger partial charge in [-0.2, -0.15) is 0 Å². The standard InChI is InChI=1S/C29H33ClN4O7S/c1-5-26(29(36)31-6-2)32(18-21-8-10-22(30)11-9-21)28(35)19-33(23-12-14-24(41-4)15-13-23)42(39,40)25-16-7-20(3)27(17-25)34(37)38/h7-17,26H,5-6,18-19H2,1-4H3,(H,31,36). The molecule has 1 unspecified atom stereocenters. The lowest BCUT2D eigenvalue weighted by atomic mass is 10.1. The van der Waals surface area contributed by atoms with Gasteiger partial charge in [0.2, 0.25) is 11.8 Å². The molecule has 1 N–H and O–H groups in total. The topological polar surface area (TPSA) is 139 Å². The second-order valence-electron chi connectivity index (χ2n) is 9.38. The third-order valence-corrected chi connectivity index (χ3v) is 8.63. The average molecular weight is 617 g/mol. The summed E-state index contributed by atoms with van der Waals surface area (Å²) in [6.45, 7) is 4.69. The summed E-state index contributed by atoms with van der Waals surface area (Å²) in [5.74, 6) is -0.570. The molecule has 224 valence electrons. The minimum atomic E-state index is -4.49. The number of hydrogen-bond donors (Lipinski definition) is 1. The van der Waals surface area contributed by atoms with Gasteiger partial charge in [0.1, 0.15) is 18.3 Å². The number of amides is 2. The van der Waals surface area contributed by atoms with E-state index in [4.69, 9.17) is 16.3 Å². The minimum absolute atomic E-state index is 0.0121. The van der Waals surface area contributed by atoms with Crippen LogP contribution in [0.1, 0.15) is 31.4 Å². The third-order valence-electron chi connectivity index (χ3n) is 6.61. The predicted molar refractivity (Wildman–Crippen MR) is 160 cm³/mol. The van der Waals surface area contributed by atoms with Gasteiger partial charge < -0.3 is 15.0 Å². The third kappa shape index (κ3) is 7.56. The Morgan fingerprint density at radius 2 is 1.69 bits per heavy atom. The Labute approximate surface area is 250 Å². The monoisotopic (exact) mass is 616 g/mol. The van der Waals surface area contributed by atoms with Crippen LogP contribution < -0.4 is 14.4 Å². The number of carbonyl (C=O) groups excluding carboxylic acids is 2. The summed E-state index contributed by atoms with van der Waals surface area (Å²) in [5.41, 5.74) is 0.727. The van der Waals surface area contributed by atoms with Crippen molar-refractivity contribution in [2.75, 3.05) is 24.5 Å². The van der Waals surface area contributed by atoms with Crippen LogP contribution in [-0.4, -0.2) is 56.3 Å². The molecule has 3 rings (SSSR count). The quantitative estimate of drug-likeness (QED) is 0.217. The molecule has 0 aromatic heterocycles. The summed E-state index contributed by atoms with van der Waals surface area (Å²) in [7, 11) is -3.04. The molecular weight excluding hydrogens is 584 g/mol. The Balaban J connectivity index is 2.11. The van der Waals surface area contributed by atoms with E-state index in [1.54, 1.807) is 38.1 Å². The minimum Gasteiger partial charge on any atom is -0.497 e. The first-order valence-electron chi connectivity index (χ1n) is 13.2. The highest BCUT2D eigenvalue weighted by Gasteiger charge is 2.34. The van der Waals surface area contributed by atoms with E-state index in [1.165, 1.54) is 55.3 Å². The summed E-state index contributed by atoms with van der Waals surface area (Å²) in [5, 5.41) is 14.8. The van der Waals surface area contributed by atoms with Crippen LogP contribution in [0.15, 0.2) is 71.6 Å². The normalized spacial score (nSPS) is 11.8. The lowest BCUT2D eigenvalue weighted by molar-refractivity contribution is -0.385. The first kappa shape index (κ1) is 32.4. The highest BCUT2D eigenvalue weighted by Crippen LogP contribution is 2.29. The SMILES string of the molecule is CCNC(=O)C(CC)N(Cc1ccc(Cl)cc1)C(=O)CN(c1ccc(OC)cc1)S(=O)(=O)c1ccc(C)c([N+](=O)[O-])c1. The first-order valence-corrected chi connectivity index (χ1v) is 15.0. The molecule has 13 heteroatoms. The van der Waals surface area contributed by atoms with Crippen molar-refractivity contribution in [1.82, 2.24) is 10.2 Å². The van der Waals surface area contributed by atoms with Gasteiger partial charge in [0, 0.05) is 29.7 Å². The van der Waals surface area contributed by atoms with Gasteiger partial charge in [-0.15, -0.1) is 0 Å². The summed E-state index contributed by atoms with van der Waals surface area (Å²) in [6, 6.07) is 15.4. The van der Waals surface area contributed by atoms with E-state index in [2.05, 4.69) is 5.32 Å².